The molecule has 5 rings (SSSR count). The Morgan fingerprint density at radius 1 is 1.12 bits per heavy atom. The summed E-state index contributed by atoms with van der Waals surface area (Å²) in [6.07, 6.45) is -4.02. The highest BCUT2D eigenvalue weighted by Gasteiger charge is 2.44. The maximum Gasteiger partial charge on any atom is 0.428 e. The molecule has 6 nitrogen and oxygen atoms in total. The van der Waals surface area contributed by atoms with E-state index in [2.05, 4.69) is 15.0 Å². The molecule has 0 amide bonds. The third kappa shape index (κ3) is 4.32. The average molecular weight is 479 g/mol. The molecule has 1 unspecified atom stereocenters. The Bertz CT molecular complexity index is 1130. The van der Waals surface area contributed by atoms with Crippen LogP contribution < -0.4 is 4.90 Å². The monoisotopic (exact) mass is 478 g/mol. The number of halogens is 4. The molecule has 1 atom stereocenters. The van der Waals surface area contributed by atoms with Gasteiger partial charge in [-0.05, 0) is 48.2 Å². The van der Waals surface area contributed by atoms with Crippen LogP contribution in [0.1, 0.15) is 35.8 Å². The first-order valence-electron chi connectivity index (χ1n) is 10.7. The molecule has 3 aromatic rings. The molecule has 2 aliphatic heterocycles. The first-order valence-corrected chi connectivity index (χ1v) is 11.1. The number of aliphatic hydroxyl groups is 1. The van der Waals surface area contributed by atoms with Gasteiger partial charge in [-0.25, -0.2) is 4.98 Å². The van der Waals surface area contributed by atoms with Crippen LogP contribution in [0.2, 0.25) is 5.02 Å². The predicted octanol–water partition coefficient (Wildman–Crippen LogP) is 4.97. The number of anilines is 1. The van der Waals surface area contributed by atoms with Gasteiger partial charge in [0.05, 0.1) is 12.2 Å². The van der Waals surface area contributed by atoms with Crippen molar-refractivity contribution >= 4 is 17.4 Å². The van der Waals surface area contributed by atoms with Gasteiger partial charge < -0.3 is 14.5 Å². The van der Waals surface area contributed by atoms with Crippen molar-refractivity contribution in [2.24, 2.45) is 0 Å². The molecule has 10 heteroatoms. The molecule has 33 heavy (non-hydrogen) atoms. The summed E-state index contributed by atoms with van der Waals surface area (Å²) in [5.74, 6) is 1.34. The van der Waals surface area contributed by atoms with Gasteiger partial charge >= 0.3 is 6.18 Å². The van der Waals surface area contributed by atoms with Crippen LogP contribution in [0.15, 0.2) is 47.1 Å². The van der Waals surface area contributed by atoms with Crippen molar-refractivity contribution in [1.29, 1.82) is 0 Å². The van der Waals surface area contributed by atoms with Gasteiger partial charge in [0.25, 0.3) is 0 Å². The van der Waals surface area contributed by atoms with E-state index in [9.17, 15) is 18.3 Å². The van der Waals surface area contributed by atoms with Gasteiger partial charge in [-0.1, -0.05) is 28.9 Å². The molecule has 0 radical (unpaired) electrons. The first-order chi connectivity index (χ1) is 15.8. The lowest BCUT2D eigenvalue weighted by Gasteiger charge is -2.32. The Morgan fingerprint density at radius 2 is 1.91 bits per heavy atom. The highest BCUT2D eigenvalue weighted by molar-refractivity contribution is 6.30. The van der Waals surface area contributed by atoms with Crippen molar-refractivity contribution in [2.75, 3.05) is 18.0 Å². The van der Waals surface area contributed by atoms with Crippen LogP contribution in [0.4, 0.5) is 19.0 Å². The van der Waals surface area contributed by atoms with Crippen molar-refractivity contribution < 1.29 is 22.8 Å². The SMILES string of the molecule is OC(N1Cc2cc(Cl)ccc2-c2c(C3CCN(c4ccccn4)CC3)noc2C1)C(F)(F)F. The minimum absolute atomic E-state index is 0.0973. The lowest BCUT2D eigenvalue weighted by molar-refractivity contribution is -0.254. The molecule has 1 fully saturated rings. The standard InChI is InChI=1S/C23H22ClF3N4O2/c24-16-4-5-17-15(11-16)12-31(22(32)23(25,26)27)13-18-20(17)21(29-33-18)14-6-9-30(10-7-14)19-3-1-2-8-28-19/h1-5,8,11,14,22,32H,6-7,9-10,12-13H2. The van der Waals surface area contributed by atoms with Gasteiger partial charge in [0, 0.05) is 42.3 Å². The Kier molecular flexibility index (Phi) is 5.80. The lowest BCUT2D eigenvalue weighted by atomic mass is 9.87. The van der Waals surface area contributed by atoms with E-state index in [4.69, 9.17) is 16.1 Å². The fourth-order valence-corrected chi connectivity index (χ4v) is 4.91. The highest BCUT2D eigenvalue weighted by atomic mass is 35.5. The molecule has 1 saturated heterocycles. The number of aliphatic hydroxyl groups excluding tert-OH is 1. The maximum absolute atomic E-state index is 13.3. The summed E-state index contributed by atoms with van der Waals surface area (Å²) < 4.78 is 45.5. The molecule has 0 aliphatic carbocycles. The van der Waals surface area contributed by atoms with E-state index in [-0.39, 0.29) is 19.0 Å². The van der Waals surface area contributed by atoms with E-state index in [0.29, 0.717) is 16.3 Å². The van der Waals surface area contributed by atoms with E-state index in [1.807, 2.05) is 18.2 Å². The summed E-state index contributed by atoms with van der Waals surface area (Å²) in [6.45, 7) is 1.26. The smallest absolute Gasteiger partial charge is 0.370 e. The maximum atomic E-state index is 13.3. The average Bonchev–Trinajstić information content (AvgIpc) is 3.14. The van der Waals surface area contributed by atoms with Gasteiger partial charge in [0.15, 0.2) is 5.76 Å². The first kappa shape index (κ1) is 22.2. The van der Waals surface area contributed by atoms with Gasteiger partial charge in [-0.3, -0.25) is 4.90 Å². The third-order valence-corrected chi connectivity index (χ3v) is 6.57. The molecule has 4 heterocycles. The Morgan fingerprint density at radius 3 is 2.61 bits per heavy atom. The molecule has 0 saturated carbocycles. The minimum Gasteiger partial charge on any atom is -0.370 e. The molecule has 1 N–H and O–H groups in total. The molecule has 0 bridgehead atoms. The van der Waals surface area contributed by atoms with E-state index in [1.165, 1.54) is 0 Å². The fourth-order valence-electron chi connectivity index (χ4n) is 4.71. The number of hydrogen-bond donors (Lipinski definition) is 1. The predicted molar refractivity (Wildman–Crippen MR) is 117 cm³/mol. The Hall–Kier alpha value is -2.62. The number of benzene rings is 1. The molecular weight excluding hydrogens is 457 g/mol. The highest BCUT2D eigenvalue weighted by Crippen LogP contribution is 2.42. The van der Waals surface area contributed by atoms with Crippen LogP contribution >= 0.6 is 11.6 Å². The zero-order valence-electron chi connectivity index (χ0n) is 17.6. The molecule has 174 valence electrons. The number of pyridine rings is 1. The topological polar surface area (TPSA) is 65.6 Å². The number of aromatic nitrogens is 2. The number of rotatable bonds is 3. The zero-order chi connectivity index (χ0) is 23.2. The number of piperidine rings is 1. The second kappa shape index (κ2) is 8.62. The number of nitrogens with zero attached hydrogens (tertiary/aromatic N) is 4. The van der Waals surface area contributed by atoms with Gasteiger partial charge in [0.1, 0.15) is 5.82 Å². The Labute approximate surface area is 193 Å². The minimum atomic E-state index is -4.79. The van der Waals surface area contributed by atoms with Crippen LogP contribution in [0.25, 0.3) is 11.1 Å². The number of alkyl halides is 3. The molecule has 2 aromatic heterocycles. The Balaban J connectivity index is 1.47. The molecule has 2 aliphatic rings. The summed E-state index contributed by atoms with van der Waals surface area (Å²) in [4.78, 5) is 7.56. The summed E-state index contributed by atoms with van der Waals surface area (Å²) in [5, 5.41) is 14.7. The van der Waals surface area contributed by atoms with Crippen molar-refractivity contribution in [3.8, 4) is 11.1 Å². The summed E-state index contributed by atoms with van der Waals surface area (Å²) in [5.41, 5.74) is 2.81. The van der Waals surface area contributed by atoms with Crippen LogP contribution in [0.3, 0.4) is 0 Å². The molecular formula is C23H22ClF3N4O2. The van der Waals surface area contributed by atoms with E-state index < -0.39 is 12.4 Å². The van der Waals surface area contributed by atoms with Gasteiger partial charge in [-0.2, -0.15) is 13.2 Å². The summed E-state index contributed by atoms with van der Waals surface area (Å²) in [7, 11) is 0. The second-order valence-electron chi connectivity index (χ2n) is 8.44. The largest absolute Gasteiger partial charge is 0.428 e. The zero-order valence-corrected chi connectivity index (χ0v) is 18.4. The molecule has 0 spiro atoms. The van der Waals surface area contributed by atoms with Crippen LogP contribution in [-0.2, 0) is 13.1 Å². The van der Waals surface area contributed by atoms with Crippen molar-refractivity contribution in [3.05, 3.63) is 64.6 Å². The normalized spacial score (nSPS) is 18.5. The second-order valence-corrected chi connectivity index (χ2v) is 8.87. The van der Waals surface area contributed by atoms with E-state index >= 15 is 0 Å². The van der Waals surface area contributed by atoms with Crippen LogP contribution in [0.5, 0.6) is 0 Å². The van der Waals surface area contributed by atoms with Crippen molar-refractivity contribution in [2.45, 2.75) is 44.3 Å². The summed E-state index contributed by atoms with van der Waals surface area (Å²) in [6, 6.07) is 11.0. The number of hydrogen-bond acceptors (Lipinski definition) is 6. The van der Waals surface area contributed by atoms with Crippen LogP contribution in [-0.4, -0.2) is 45.6 Å². The molecule has 1 aromatic carbocycles. The van der Waals surface area contributed by atoms with Crippen LogP contribution in [0, 0.1) is 0 Å². The van der Waals surface area contributed by atoms with Crippen molar-refractivity contribution in [3.63, 3.8) is 0 Å². The van der Waals surface area contributed by atoms with E-state index in [1.54, 1.807) is 24.4 Å². The van der Waals surface area contributed by atoms with E-state index in [0.717, 1.165) is 53.5 Å². The summed E-state index contributed by atoms with van der Waals surface area (Å²) >= 11 is 6.16. The lowest BCUT2D eigenvalue weighted by Crippen LogP contribution is -2.44. The third-order valence-electron chi connectivity index (χ3n) is 6.34. The quantitative estimate of drug-likeness (QED) is 0.573. The van der Waals surface area contributed by atoms with Gasteiger partial charge in [-0.15, -0.1) is 0 Å². The fraction of sp³-hybridized carbons (Fsp3) is 0.391. The van der Waals surface area contributed by atoms with Crippen molar-refractivity contribution in [1.82, 2.24) is 15.0 Å². The van der Waals surface area contributed by atoms with Gasteiger partial charge in [0.2, 0.25) is 6.23 Å². The number of fused-ring (bicyclic) bond motifs is 3.